The van der Waals surface area contributed by atoms with Gasteiger partial charge in [-0.3, -0.25) is 4.79 Å². The normalized spacial score (nSPS) is 18.0. The Balaban J connectivity index is 1.88. The molecule has 1 aliphatic carbocycles. The first-order valence-electron chi connectivity index (χ1n) is 7.11. The lowest BCUT2D eigenvalue weighted by Crippen LogP contribution is -2.39. The Hall–Kier alpha value is -1.35. The number of aliphatic hydroxyl groups is 1. The molecule has 1 fully saturated rings. The maximum atomic E-state index is 12.3. The summed E-state index contributed by atoms with van der Waals surface area (Å²) in [6.45, 7) is 2.71. The van der Waals surface area contributed by atoms with Crippen LogP contribution < -0.4 is 5.32 Å². The number of hydrogen-bond acceptors (Lipinski definition) is 2. The molecule has 1 amide bonds. The van der Waals surface area contributed by atoms with Crippen LogP contribution in [0.2, 0.25) is 0 Å². The predicted octanol–water partition coefficient (Wildman–Crippen LogP) is 2.77. The molecule has 0 saturated heterocycles. The lowest BCUT2D eigenvalue weighted by atomic mass is 9.75. The fourth-order valence-corrected chi connectivity index (χ4v) is 2.72. The van der Waals surface area contributed by atoms with Crippen molar-refractivity contribution in [3.63, 3.8) is 0 Å². The first-order valence-corrected chi connectivity index (χ1v) is 7.11. The summed E-state index contributed by atoms with van der Waals surface area (Å²) < 4.78 is 0. The van der Waals surface area contributed by atoms with Gasteiger partial charge in [0, 0.05) is 12.0 Å². The minimum absolute atomic E-state index is 0.0602. The van der Waals surface area contributed by atoms with Gasteiger partial charge in [0.15, 0.2) is 0 Å². The number of rotatable bonds is 4. The molecule has 2 rings (SSSR count). The second kappa shape index (κ2) is 6.20. The molecule has 0 atom stereocenters. The van der Waals surface area contributed by atoms with E-state index in [-0.39, 0.29) is 17.9 Å². The summed E-state index contributed by atoms with van der Waals surface area (Å²) in [5.74, 6) is 0.179. The molecule has 0 radical (unpaired) electrons. The van der Waals surface area contributed by atoms with Crippen LogP contribution in [-0.4, -0.2) is 11.0 Å². The van der Waals surface area contributed by atoms with E-state index in [1.165, 1.54) is 6.42 Å². The van der Waals surface area contributed by atoms with E-state index in [1.54, 1.807) is 0 Å². The van der Waals surface area contributed by atoms with Gasteiger partial charge in [0.2, 0.25) is 5.91 Å². The van der Waals surface area contributed by atoms with Crippen LogP contribution in [0.4, 0.5) is 0 Å². The van der Waals surface area contributed by atoms with Crippen molar-refractivity contribution in [2.24, 2.45) is 5.41 Å². The van der Waals surface area contributed by atoms with Gasteiger partial charge in [-0.25, -0.2) is 0 Å². The van der Waals surface area contributed by atoms with Crippen LogP contribution in [0, 0.1) is 5.41 Å². The van der Waals surface area contributed by atoms with E-state index < -0.39 is 0 Å². The summed E-state index contributed by atoms with van der Waals surface area (Å²) in [6.07, 6.45) is 5.58. The van der Waals surface area contributed by atoms with E-state index in [9.17, 15) is 4.79 Å². The van der Waals surface area contributed by atoms with Crippen molar-refractivity contribution in [3.05, 3.63) is 35.4 Å². The van der Waals surface area contributed by atoms with E-state index in [4.69, 9.17) is 5.11 Å². The Bertz CT molecular complexity index is 419. The number of carbonyl (C=O) groups is 1. The minimum Gasteiger partial charge on any atom is -0.392 e. The van der Waals surface area contributed by atoms with Crippen LogP contribution >= 0.6 is 0 Å². The maximum absolute atomic E-state index is 12.3. The van der Waals surface area contributed by atoms with E-state index in [2.05, 4.69) is 12.2 Å². The minimum atomic E-state index is -0.177. The number of amides is 1. The molecule has 1 aromatic carbocycles. The van der Waals surface area contributed by atoms with Gasteiger partial charge in [0.25, 0.3) is 0 Å². The molecule has 0 heterocycles. The molecule has 3 heteroatoms. The summed E-state index contributed by atoms with van der Waals surface area (Å²) >= 11 is 0. The van der Waals surface area contributed by atoms with Gasteiger partial charge in [0.1, 0.15) is 0 Å². The van der Waals surface area contributed by atoms with Crippen molar-refractivity contribution >= 4 is 5.91 Å². The molecule has 1 aromatic rings. The van der Waals surface area contributed by atoms with Crippen LogP contribution in [0.25, 0.3) is 0 Å². The number of benzene rings is 1. The molecule has 0 bridgehead atoms. The Labute approximate surface area is 115 Å². The number of aliphatic hydroxyl groups excluding tert-OH is 1. The monoisotopic (exact) mass is 261 g/mol. The standard InChI is InChI=1S/C16H23NO2/c1-16(9-3-2-4-10-16)15(19)17-11-13-5-7-14(12-18)8-6-13/h5-8,18H,2-4,9-12H2,1H3,(H,17,19). The fourth-order valence-electron chi connectivity index (χ4n) is 2.72. The molecule has 0 spiro atoms. The summed E-state index contributed by atoms with van der Waals surface area (Å²) in [7, 11) is 0. The van der Waals surface area contributed by atoms with Crippen LogP contribution in [0.15, 0.2) is 24.3 Å². The third kappa shape index (κ3) is 3.57. The third-order valence-electron chi connectivity index (χ3n) is 4.16. The highest BCUT2D eigenvalue weighted by Gasteiger charge is 2.34. The van der Waals surface area contributed by atoms with Gasteiger partial charge in [-0.15, -0.1) is 0 Å². The summed E-state index contributed by atoms with van der Waals surface area (Å²) in [4.78, 5) is 12.3. The molecule has 2 N–H and O–H groups in total. The van der Waals surface area contributed by atoms with Crippen molar-refractivity contribution in [1.29, 1.82) is 0 Å². The topological polar surface area (TPSA) is 49.3 Å². The molecule has 104 valence electrons. The van der Waals surface area contributed by atoms with Crippen molar-refractivity contribution in [1.82, 2.24) is 5.32 Å². The van der Waals surface area contributed by atoms with Crippen molar-refractivity contribution < 1.29 is 9.90 Å². The van der Waals surface area contributed by atoms with Gasteiger partial charge in [0.05, 0.1) is 6.61 Å². The molecular weight excluding hydrogens is 238 g/mol. The Morgan fingerprint density at radius 1 is 1.16 bits per heavy atom. The molecule has 1 saturated carbocycles. The number of carbonyl (C=O) groups excluding carboxylic acids is 1. The van der Waals surface area contributed by atoms with Gasteiger partial charge in [-0.1, -0.05) is 50.5 Å². The van der Waals surface area contributed by atoms with Crippen LogP contribution in [-0.2, 0) is 17.9 Å². The van der Waals surface area contributed by atoms with Gasteiger partial charge in [-0.2, -0.15) is 0 Å². The molecule has 19 heavy (non-hydrogen) atoms. The van der Waals surface area contributed by atoms with Crippen LogP contribution in [0.5, 0.6) is 0 Å². The van der Waals surface area contributed by atoms with E-state index in [0.29, 0.717) is 6.54 Å². The van der Waals surface area contributed by atoms with Crippen molar-refractivity contribution in [2.75, 3.05) is 0 Å². The zero-order valence-corrected chi connectivity index (χ0v) is 11.6. The average Bonchev–Trinajstić information content (AvgIpc) is 2.46. The maximum Gasteiger partial charge on any atom is 0.226 e. The zero-order valence-electron chi connectivity index (χ0n) is 11.6. The lowest BCUT2D eigenvalue weighted by molar-refractivity contribution is -0.132. The first kappa shape index (κ1) is 14.1. The van der Waals surface area contributed by atoms with Crippen molar-refractivity contribution in [3.8, 4) is 0 Å². The highest BCUT2D eigenvalue weighted by Crippen LogP contribution is 2.35. The van der Waals surface area contributed by atoms with Gasteiger partial charge in [-0.05, 0) is 24.0 Å². The fraction of sp³-hybridized carbons (Fsp3) is 0.562. The van der Waals surface area contributed by atoms with Crippen LogP contribution in [0.1, 0.15) is 50.2 Å². The summed E-state index contributed by atoms with van der Waals surface area (Å²) in [5, 5.41) is 12.0. The average molecular weight is 261 g/mol. The van der Waals surface area contributed by atoms with Gasteiger partial charge >= 0.3 is 0 Å². The third-order valence-corrected chi connectivity index (χ3v) is 4.16. The molecule has 0 aromatic heterocycles. The molecule has 3 nitrogen and oxygen atoms in total. The zero-order chi connectivity index (χ0) is 13.7. The first-order chi connectivity index (χ1) is 9.14. The highest BCUT2D eigenvalue weighted by molar-refractivity contribution is 5.82. The molecule has 1 aliphatic rings. The number of hydrogen-bond donors (Lipinski definition) is 2. The SMILES string of the molecule is CC1(C(=O)NCc2ccc(CO)cc2)CCCCC1. The predicted molar refractivity (Wildman–Crippen MR) is 75.4 cm³/mol. The van der Waals surface area contributed by atoms with Crippen LogP contribution in [0.3, 0.4) is 0 Å². The number of nitrogens with one attached hydrogen (secondary N) is 1. The van der Waals surface area contributed by atoms with E-state index >= 15 is 0 Å². The van der Waals surface area contributed by atoms with Crippen molar-refractivity contribution in [2.45, 2.75) is 52.2 Å². The molecule has 0 aliphatic heterocycles. The lowest BCUT2D eigenvalue weighted by Gasteiger charge is -2.32. The summed E-state index contributed by atoms with van der Waals surface area (Å²) in [5.41, 5.74) is 1.79. The van der Waals surface area contributed by atoms with E-state index in [1.807, 2.05) is 24.3 Å². The van der Waals surface area contributed by atoms with E-state index in [0.717, 1.165) is 36.8 Å². The van der Waals surface area contributed by atoms with Gasteiger partial charge < -0.3 is 10.4 Å². The smallest absolute Gasteiger partial charge is 0.226 e. The molecular formula is C16H23NO2. The Kier molecular flexibility index (Phi) is 4.59. The highest BCUT2D eigenvalue weighted by atomic mass is 16.3. The Morgan fingerprint density at radius 2 is 1.74 bits per heavy atom. The quantitative estimate of drug-likeness (QED) is 0.875. The Morgan fingerprint density at radius 3 is 2.32 bits per heavy atom. The molecule has 0 unspecified atom stereocenters. The summed E-state index contributed by atoms with van der Waals surface area (Å²) in [6, 6.07) is 7.69. The second-order valence-electron chi connectivity index (χ2n) is 5.78. The largest absolute Gasteiger partial charge is 0.392 e. The second-order valence-corrected chi connectivity index (χ2v) is 5.78.